The minimum atomic E-state index is -0.486. The zero-order valence-electron chi connectivity index (χ0n) is 9.59. The van der Waals surface area contributed by atoms with Crippen molar-refractivity contribution in [3.8, 4) is 5.75 Å². The third kappa shape index (κ3) is 3.16. The highest BCUT2D eigenvalue weighted by atomic mass is 79.9. The van der Waals surface area contributed by atoms with Gasteiger partial charge in [-0.1, -0.05) is 17.7 Å². The van der Waals surface area contributed by atoms with Crippen LogP contribution in [0.1, 0.15) is 5.56 Å². The van der Waals surface area contributed by atoms with Crippen molar-refractivity contribution in [2.45, 2.75) is 6.61 Å². The maximum Gasteiger partial charge on any atom is 0.157 e. The molecular formula is C13H9BrClF2NO. The van der Waals surface area contributed by atoms with E-state index >= 15 is 0 Å². The van der Waals surface area contributed by atoms with Crippen molar-refractivity contribution in [1.82, 2.24) is 0 Å². The molecule has 0 amide bonds. The molecule has 0 bridgehead atoms. The predicted octanol–water partition coefficient (Wildman–Crippen LogP) is 4.54. The largest absolute Gasteiger partial charge is 0.485 e. The van der Waals surface area contributed by atoms with Crippen molar-refractivity contribution >= 4 is 33.2 Å². The molecule has 0 spiro atoms. The molecule has 0 atom stereocenters. The first-order valence-corrected chi connectivity index (χ1v) is 6.46. The second kappa shape index (κ2) is 5.75. The molecule has 2 nitrogen and oxygen atoms in total. The van der Waals surface area contributed by atoms with E-state index in [1.165, 1.54) is 18.2 Å². The maximum atomic E-state index is 13.6. The van der Waals surface area contributed by atoms with Crippen LogP contribution in [-0.2, 0) is 6.61 Å². The van der Waals surface area contributed by atoms with Gasteiger partial charge in [0.05, 0.1) is 15.2 Å². The van der Waals surface area contributed by atoms with E-state index in [0.29, 0.717) is 4.47 Å². The van der Waals surface area contributed by atoms with Crippen molar-refractivity contribution in [3.63, 3.8) is 0 Å². The molecule has 0 aliphatic carbocycles. The Labute approximate surface area is 122 Å². The number of anilines is 1. The molecule has 2 N–H and O–H groups in total. The first-order chi connectivity index (χ1) is 8.99. The molecule has 2 aromatic carbocycles. The predicted molar refractivity (Wildman–Crippen MR) is 74.3 cm³/mol. The lowest BCUT2D eigenvalue weighted by atomic mass is 10.2. The smallest absolute Gasteiger partial charge is 0.157 e. The Morgan fingerprint density at radius 1 is 1.26 bits per heavy atom. The van der Waals surface area contributed by atoms with Crippen LogP contribution >= 0.6 is 27.5 Å². The van der Waals surface area contributed by atoms with Gasteiger partial charge in [0.1, 0.15) is 18.2 Å². The Morgan fingerprint density at radius 2 is 2.00 bits per heavy atom. The molecule has 0 unspecified atom stereocenters. The summed E-state index contributed by atoms with van der Waals surface area (Å²) in [6.45, 7) is -0.0973. The summed E-state index contributed by atoms with van der Waals surface area (Å²) in [6.07, 6.45) is 0. The summed E-state index contributed by atoms with van der Waals surface area (Å²) in [4.78, 5) is 0. The first kappa shape index (κ1) is 14.1. The number of nitrogens with two attached hydrogens (primary N) is 1. The topological polar surface area (TPSA) is 35.2 Å². The zero-order valence-corrected chi connectivity index (χ0v) is 11.9. The third-order valence-corrected chi connectivity index (χ3v) is 3.40. The highest BCUT2D eigenvalue weighted by molar-refractivity contribution is 9.10. The molecule has 0 heterocycles. The molecule has 2 rings (SSSR count). The number of rotatable bonds is 3. The van der Waals surface area contributed by atoms with E-state index in [9.17, 15) is 8.78 Å². The standard InChI is InChI=1S/C13H9BrClF2NO/c14-9-4-7(16)5-12(18)13(9)19-6-8-10(15)2-1-3-11(8)17/h1-5H,6,18H2. The number of hydrogen-bond donors (Lipinski definition) is 1. The van der Waals surface area contributed by atoms with Crippen LogP contribution in [0.15, 0.2) is 34.8 Å². The number of ether oxygens (including phenoxy) is 1. The van der Waals surface area contributed by atoms with Gasteiger partial charge in [-0.15, -0.1) is 0 Å². The fourth-order valence-corrected chi connectivity index (χ4v) is 2.33. The second-order valence-corrected chi connectivity index (χ2v) is 5.06. The summed E-state index contributed by atoms with van der Waals surface area (Å²) in [5.41, 5.74) is 5.99. The lowest BCUT2D eigenvalue weighted by Crippen LogP contribution is -2.02. The molecule has 0 saturated carbocycles. The number of nitrogen functional groups attached to an aromatic ring is 1. The average Bonchev–Trinajstić information content (AvgIpc) is 2.31. The third-order valence-electron chi connectivity index (χ3n) is 2.46. The Hall–Kier alpha value is -1.33. The zero-order chi connectivity index (χ0) is 14.0. The van der Waals surface area contributed by atoms with Crippen LogP contribution in [0.25, 0.3) is 0 Å². The summed E-state index contributed by atoms with van der Waals surface area (Å²) in [5.74, 6) is -0.703. The molecule has 2 aromatic rings. The molecule has 100 valence electrons. The summed E-state index contributed by atoms with van der Waals surface area (Å²) in [6, 6.07) is 6.70. The Morgan fingerprint density at radius 3 is 2.63 bits per heavy atom. The van der Waals surface area contributed by atoms with Crippen LogP contribution in [0.2, 0.25) is 5.02 Å². The van der Waals surface area contributed by atoms with Gasteiger partial charge in [-0.3, -0.25) is 0 Å². The molecule has 0 aromatic heterocycles. The first-order valence-electron chi connectivity index (χ1n) is 5.29. The SMILES string of the molecule is Nc1cc(F)cc(Br)c1OCc1c(F)cccc1Cl. The van der Waals surface area contributed by atoms with Gasteiger partial charge < -0.3 is 10.5 Å². The van der Waals surface area contributed by atoms with Gasteiger partial charge in [0.25, 0.3) is 0 Å². The molecule has 0 aliphatic rings. The van der Waals surface area contributed by atoms with E-state index in [-0.39, 0.29) is 28.6 Å². The van der Waals surface area contributed by atoms with Gasteiger partial charge in [-0.25, -0.2) is 8.78 Å². The van der Waals surface area contributed by atoms with E-state index in [0.717, 1.165) is 6.07 Å². The van der Waals surface area contributed by atoms with Crippen molar-refractivity contribution in [1.29, 1.82) is 0 Å². The number of benzene rings is 2. The van der Waals surface area contributed by atoms with Gasteiger partial charge in [0.2, 0.25) is 0 Å². The molecule has 0 fully saturated rings. The summed E-state index contributed by atoms with van der Waals surface area (Å²) < 4.78 is 32.4. The van der Waals surface area contributed by atoms with Crippen LogP contribution in [0, 0.1) is 11.6 Å². The van der Waals surface area contributed by atoms with E-state index < -0.39 is 11.6 Å². The molecule has 19 heavy (non-hydrogen) atoms. The van der Waals surface area contributed by atoms with Crippen LogP contribution in [0.3, 0.4) is 0 Å². The summed E-state index contributed by atoms with van der Waals surface area (Å²) in [7, 11) is 0. The van der Waals surface area contributed by atoms with Gasteiger partial charge in [-0.2, -0.15) is 0 Å². The van der Waals surface area contributed by atoms with E-state index in [4.69, 9.17) is 22.1 Å². The molecule has 0 saturated heterocycles. The fraction of sp³-hybridized carbons (Fsp3) is 0.0769. The highest BCUT2D eigenvalue weighted by Gasteiger charge is 2.12. The van der Waals surface area contributed by atoms with Crippen LogP contribution < -0.4 is 10.5 Å². The molecule has 0 aliphatic heterocycles. The lowest BCUT2D eigenvalue weighted by Gasteiger charge is -2.12. The quantitative estimate of drug-likeness (QED) is 0.826. The minimum absolute atomic E-state index is 0.0973. The van der Waals surface area contributed by atoms with Gasteiger partial charge in [0.15, 0.2) is 5.75 Å². The number of hydrogen-bond acceptors (Lipinski definition) is 2. The van der Waals surface area contributed by atoms with Crippen molar-refractivity contribution < 1.29 is 13.5 Å². The monoisotopic (exact) mass is 347 g/mol. The van der Waals surface area contributed by atoms with Crippen LogP contribution in [0.5, 0.6) is 5.75 Å². The number of halogens is 4. The van der Waals surface area contributed by atoms with E-state index in [1.807, 2.05) is 0 Å². The van der Waals surface area contributed by atoms with Crippen LogP contribution in [0.4, 0.5) is 14.5 Å². The Kier molecular flexibility index (Phi) is 4.27. The van der Waals surface area contributed by atoms with Gasteiger partial charge in [0, 0.05) is 11.6 Å². The second-order valence-electron chi connectivity index (χ2n) is 3.79. The van der Waals surface area contributed by atoms with Crippen LogP contribution in [-0.4, -0.2) is 0 Å². The summed E-state index contributed by atoms with van der Waals surface area (Å²) in [5, 5.41) is 0.261. The molecular weight excluding hydrogens is 340 g/mol. The minimum Gasteiger partial charge on any atom is -0.485 e. The fourth-order valence-electron chi connectivity index (χ4n) is 1.55. The van der Waals surface area contributed by atoms with Gasteiger partial charge >= 0.3 is 0 Å². The van der Waals surface area contributed by atoms with Crippen molar-refractivity contribution in [2.75, 3.05) is 5.73 Å². The molecule has 6 heteroatoms. The summed E-state index contributed by atoms with van der Waals surface area (Å²) >= 11 is 9.01. The Balaban J connectivity index is 2.24. The maximum absolute atomic E-state index is 13.6. The lowest BCUT2D eigenvalue weighted by molar-refractivity contribution is 0.299. The highest BCUT2D eigenvalue weighted by Crippen LogP contribution is 2.33. The normalized spacial score (nSPS) is 10.5. The van der Waals surface area contributed by atoms with Crippen molar-refractivity contribution in [3.05, 3.63) is 57.0 Å². The average molecular weight is 349 g/mol. The Bertz CT molecular complexity index is 578. The van der Waals surface area contributed by atoms with Crippen molar-refractivity contribution in [2.24, 2.45) is 0 Å². The van der Waals surface area contributed by atoms with E-state index in [2.05, 4.69) is 15.9 Å². The van der Waals surface area contributed by atoms with Gasteiger partial charge in [-0.05, 0) is 34.1 Å². The van der Waals surface area contributed by atoms with E-state index in [1.54, 1.807) is 6.07 Å². The molecule has 0 radical (unpaired) electrons.